The first-order chi connectivity index (χ1) is 14.5. The van der Waals surface area contributed by atoms with E-state index >= 15 is 0 Å². The molecule has 1 unspecified atom stereocenters. The molecule has 168 valence electrons. The van der Waals surface area contributed by atoms with Crippen molar-refractivity contribution in [3.63, 3.8) is 0 Å². The van der Waals surface area contributed by atoms with Gasteiger partial charge in [-0.05, 0) is 86.9 Å². The molecule has 0 radical (unpaired) electrons. The van der Waals surface area contributed by atoms with Gasteiger partial charge < -0.3 is 5.32 Å². The van der Waals surface area contributed by atoms with Crippen LogP contribution in [-0.2, 0) is 10.0 Å². The van der Waals surface area contributed by atoms with Gasteiger partial charge in [-0.2, -0.15) is 4.31 Å². The lowest BCUT2D eigenvalue weighted by Crippen LogP contribution is -2.38. The van der Waals surface area contributed by atoms with E-state index in [1.165, 1.54) is 28.1 Å². The molecule has 0 saturated carbocycles. The Balaban J connectivity index is 1.84. The van der Waals surface area contributed by atoms with Crippen LogP contribution in [0.25, 0.3) is 0 Å². The second-order valence-electron chi connectivity index (χ2n) is 8.72. The molecule has 1 atom stereocenters. The number of sulfonamides is 1. The number of rotatable bonds is 5. The Kier molecular flexibility index (Phi) is 7.14. The molecule has 1 saturated heterocycles. The third-order valence-electron chi connectivity index (χ3n) is 6.26. The summed E-state index contributed by atoms with van der Waals surface area (Å²) in [4.78, 5) is 13.1. The van der Waals surface area contributed by atoms with Gasteiger partial charge in [0.25, 0.3) is 5.91 Å². The summed E-state index contributed by atoms with van der Waals surface area (Å²) >= 11 is 6.28. The van der Waals surface area contributed by atoms with Crippen LogP contribution in [0.1, 0.15) is 65.3 Å². The molecule has 1 fully saturated rings. The molecule has 0 aliphatic carbocycles. The van der Waals surface area contributed by atoms with E-state index in [4.69, 9.17) is 11.6 Å². The summed E-state index contributed by atoms with van der Waals surface area (Å²) in [7, 11) is -3.66. The fourth-order valence-corrected chi connectivity index (χ4v) is 5.71. The molecular formula is C24H31ClN2O3S. The molecule has 5 nitrogen and oxygen atoms in total. The Labute approximate surface area is 190 Å². The minimum atomic E-state index is -3.66. The van der Waals surface area contributed by atoms with Gasteiger partial charge in [-0.3, -0.25) is 4.79 Å². The molecule has 31 heavy (non-hydrogen) atoms. The molecule has 1 aliphatic heterocycles. The predicted octanol–water partition coefficient (Wildman–Crippen LogP) is 5.18. The predicted molar refractivity (Wildman–Crippen MR) is 125 cm³/mol. The molecule has 7 heteroatoms. The Hall–Kier alpha value is -1.89. The molecular weight excluding hydrogens is 432 g/mol. The lowest BCUT2D eigenvalue weighted by molar-refractivity contribution is 0.0939. The molecule has 3 rings (SSSR count). The molecule has 0 aromatic heterocycles. The van der Waals surface area contributed by atoms with E-state index in [-0.39, 0.29) is 27.4 Å². The Morgan fingerprint density at radius 1 is 1.06 bits per heavy atom. The van der Waals surface area contributed by atoms with Gasteiger partial charge in [0, 0.05) is 13.1 Å². The number of hydrogen-bond donors (Lipinski definition) is 1. The van der Waals surface area contributed by atoms with Crippen molar-refractivity contribution < 1.29 is 13.2 Å². The standard InChI is InChI=1S/C24H31ClN2O3S/c1-15-8-10-27(11-9-15)31(29,30)20-6-7-23(25)22(14-20)24(28)26-19(5)21-13-17(3)16(2)12-18(21)4/h6-7,12-15,19H,8-11H2,1-5H3,(H,26,28). The second-order valence-corrected chi connectivity index (χ2v) is 11.1. The van der Waals surface area contributed by atoms with Crippen LogP contribution in [0.3, 0.4) is 0 Å². The molecule has 1 amide bonds. The number of aryl methyl sites for hydroxylation is 3. The third-order valence-corrected chi connectivity index (χ3v) is 8.48. The van der Waals surface area contributed by atoms with Gasteiger partial charge >= 0.3 is 0 Å². The van der Waals surface area contributed by atoms with Crippen LogP contribution in [0, 0.1) is 26.7 Å². The maximum Gasteiger partial charge on any atom is 0.253 e. The molecule has 1 heterocycles. The van der Waals surface area contributed by atoms with Crippen LogP contribution < -0.4 is 5.32 Å². The molecule has 0 spiro atoms. The van der Waals surface area contributed by atoms with Crippen LogP contribution in [0.4, 0.5) is 0 Å². The van der Waals surface area contributed by atoms with Crippen LogP contribution in [0.5, 0.6) is 0 Å². The molecule has 2 aromatic rings. The van der Waals surface area contributed by atoms with Gasteiger partial charge in [0.2, 0.25) is 10.0 Å². The van der Waals surface area contributed by atoms with Crippen molar-refractivity contribution in [3.8, 4) is 0 Å². The van der Waals surface area contributed by atoms with E-state index in [0.717, 1.165) is 29.5 Å². The van der Waals surface area contributed by atoms with E-state index in [9.17, 15) is 13.2 Å². The van der Waals surface area contributed by atoms with Crippen molar-refractivity contribution in [2.24, 2.45) is 5.92 Å². The lowest BCUT2D eigenvalue weighted by Gasteiger charge is -2.29. The quantitative estimate of drug-likeness (QED) is 0.665. The molecule has 1 aliphatic rings. The average Bonchev–Trinajstić information content (AvgIpc) is 2.71. The minimum Gasteiger partial charge on any atom is -0.345 e. The number of nitrogens with zero attached hydrogens (tertiary/aromatic N) is 1. The molecule has 0 bridgehead atoms. The number of amides is 1. The molecule has 2 aromatic carbocycles. The summed E-state index contributed by atoms with van der Waals surface area (Å²) in [6, 6.07) is 8.30. The van der Waals surface area contributed by atoms with Crippen LogP contribution in [-0.4, -0.2) is 31.7 Å². The van der Waals surface area contributed by atoms with Crippen LogP contribution >= 0.6 is 11.6 Å². The first kappa shape index (κ1) is 23.8. The number of halogens is 1. The van der Waals surface area contributed by atoms with E-state index in [1.807, 2.05) is 20.8 Å². The fraction of sp³-hybridized carbons (Fsp3) is 0.458. The summed E-state index contributed by atoms with van der Waals surface area (Å²) in [6.07, 6.45) is 1.68. The van der Waals surface area contributed by atoms with E-state index in [2.05, 4.69) is 31.3 Å². The zero-order valence-corrected chi connectivity index (χ0v) is 20.4. The Bertz CT molecular complexity index is 1090. The highest BCUT2D eigenvalue weighted by Gasteiger charge is 2.29. The Morgan fingerprint density at radius 3 is 2.32 bits per heavy atom. The van der Waals surface area contributed by atoms with Crippen molar-refractivity contribution in [2.75, 3.05) is 13.1 Å². The van der Waals surface area contributed by atoms with E-state index in [1.54, 1.807) is 0 Å². The van der Waals surface area contributed by atoms with Gasteiger partial charge in [0.1, 0.15) is 0 Å². The largest absolute Gasteiger partial charge is 0.345 e. The number of carbonyl (C=O) groups excluding carboxylic acids is 1. The maximum atomic E-state index is 13.1. The maximum absolute atomic E-state index is 13.1. The van der Waals surface area contributed by atoms with E-state index < -0.39 is 10.0 Å². The van der Waals surface area contributed by atoms with Crippen molar-refractivity contribution >= 4 is 27.5 Å². The fourth-order valence-electron chi connectivity index (χ4n) is 4.01. The Morgan fingerprint density at radius 2 is 1.68 bits per heavy atom. The average molecular weight is 463 g/mol. The zero-order valence-electron chi connectivity index (χ0n) is 18.8. The first-order valence-electron chi connectivity index (χ1n) is 10.7. The van der Waals surface area contributed by atoms with Gasteiger partial charge in [0.05, 0.1) is 21.5 Å². The highest BCUT2D eigenvalue weighted by atomic mass is 35.5. The van der Waals surface area contributed by atoms with Gasteiger partial charge in [0.15, 0.2) is 0 Å². The minimum absolute atomic E-state index is 0.103. The third kappa shape index (κ3) is 5.13. The normalized spacial score (nSPS) is 16.8. The number of nitrogens with one attached hydrogen (secondary N) is 1. The SMILES string of the molecule is Cc1cc(C)c(C(C)NC(=O)c2cc(S(=O)(=O)N3CCC(C)CC3)ccc2Cl)cc1C. The smallest absolute Gasteiger partial charge is 0.253 e. The van der Waals surface area contributed by atoms with E-state index in [0.29, 0.717) is 19.0 Å². The second kappa shape index (κ2) is 9.31. The van der Waals surface area contributed by atoms with Crippen molar-refractivity contribution in [3.05, 3.63) is 63.2 Å². The number of carbonyl (C=O) groups is 1. The van der Waals surface area contributed by atoms with Crippen molar-refractivity contribution in [2.45, 2.75) is 58.4 Å². The summed E-state index contributed by atoms with van der Waals surface area (Å²) in [6.45, 7) is 11.2. The zero-order chi connectivity index (χ0) is 22.9. The first-order valence-corrected chi connectivity index (χ1v) is 12.5. The van der Waals surface area contributed by atoms with Gasteiger partial charge in [-0.1, -0.05) is 30.7 Å². The van der Waals surface area contributed by atoms with Crippen LogP contribution in [0.2, 0.25) is 5.02 Å². The number of hydrogen-bond acceptors (Lipinski definition) is 3. The van der Waals surface area contributed by atoms with Crippen LogP contribution in [0.15, 0.2) is 35.2 Å². The lowest BCUT2D eigenvalue weighted by atomic mass is 9.96. The van der Waals surface area contributed by atoms with Crippen molar-refractivity contribution in [1.29, 1.82) is 0 Å². The number of piperidine rings is 1. The summed E-state index contributed by atoms with van der Waals surface area (Å²) in [5.41, 5.74) is 4.65. The highest BCUT2D eigenvalue weighted by Crippen LogP contribution is 2.28. The molecule has 1 N–H and O–H groups in total. The summed E-state index contributed by atoms with van der Waals surface area (Å²) in [5, 5.41) is 3.20. The number of benzene rings is 2. The summed E-state index contributed by atoms with van der Waals surface area (Å²) in [5.74, 6) is 0.132. The van der Waals surface area contributed by atoms with Gasteiger partial charge in [-0.25, -0.2) is 8.42 Å². The highest BCUT2D eigenvalue weighted by molar-refractivity contribution is 7.89. The summed E-state index contributed by atoms with van der Waals surface area (Å²) < 4.78 is 27.7. The monoisotopic (exact) mass is 462 g/mol. The van der Waals surface area contributed by atoms with Gasteiger partial charge in [-0.15, -0.1) is 0 Å². The van der Waals surface area contributed by atoms with Crippen molar-refractivity contribution in [1.82, 2.24) is 9.62 Å². The topological polar surface area (TPSA) is 66.5 Å².